The summed E-state index contributed by atoms with van der Waals surface area (Å²) in [5.41, 5.74) is 0. The summed E-state index contributed by atoms with van der Waals surface area (Å²) >= 11 is 0. The Hall–Kier alpha value is -0.570. The van der Waals surface area contributed by atoms with Gasteiger partial charge >= 0.3 is 0 Å². The molecule has 1 N–H and O–H groups in total. The molecule has 0 bridgehead atoms. The molecule has 1 aliphatic heterocycles. The highest BCUT2D eigenvalue weighted by Gasteiger charge is 2.34. The molecule has 3 heteroatoms. The van der Waals surface area contributed by atoms with Crippen molar-refractivity contribution in [2.75, 3.05) is 13.1 Å². The number of likely N-dealkylation sites (tertiary alicyclic amines) is 1. The first kappa shape index (κ1) is 9.97. The maximum atomic E-state index is 11.0. The average molecular weight is 196 g/mol. The summed E-state index contributed by atoms with van der Waals surface area (Å²) in [7, 11) is 0. The fourth-order valence-electron chi connectivity index (χ4n) is 2.52. The van der Waals surface area contributed by atoms with E-state index in [1.165, 1.54) is 19.4 Å². The van der Waals surface area contributed by atoms with Crippen LogP contribution in [0.1, 0.15) is 33.1 Å². The van der Waals surface area contributed by atoms with Crippen LogP contribution in [0.15, 0.2) is 0 Å². The number of hydrogen-bond acceptors (Lipinski definition) is 2. The van der Waals surface area contributed by atoms with E-state index < -0.39 is 0 Å². The maximum absolute atomic E-state index is 11.0. The molecule has 2 fully saturated rings. The van der Waals surface area contributed by atoms with Crippen LogP contribution >= 0.6 is 0 Å². The minimum atomic E-state index is 0.111. The van der Waals surface area contributed by atoms with Gasteiger partial charge in [0.1, 0.15) is 0 Å². The van der Waals surface area contributed by atoms with Gasteiger partial charge in [-0.1, -0.05) is 6.92 Å². The molecule has 2 atom stereocenters. The number of hydrogen-bond donors (Lipinski definition) is 1. The molecular formula is C11H20N2O. The minimum Gasteiger partial charge on any atom is -0.352 e. The lowest BCUT2D eigenvalue weighted by atomic mass is 9.96. The van der Waals surface area contributed by atoms with Gasteiger partial charge in [0.05, 0.1) is 0 Å². The summed E-state index contributed by atoms with van der Waals surface area (Å²) in [6, 6.07) is 1.21. The number of nitrogens with zero attached hydrogens (tertiary/aromatic N) is 1. The summed E-state index contributed by atoms with van der Waals surface area (Å²) in [5.74, 6) is 0.834. The quantitative estimate of drug-likeness (QED) is 0.714. The summed E-state index contributed by atoms with van der Waals surface area (Å²) in [6.07, 6.45) is 3.86. The Morgan fingerprint density at radius 2 is 2.07 bits per heavy atom. The third-order valence-electron chi connectivity index (χ3n) is 3.16. The van der Waals surface area contributed by atoms with E-state index in [-0.39, 0.29) is 5.91 Å². The second-order valence-electron chi connectivity index (χ2n) is 4.92. The van der Waals surface area contributed by atoms with Gasteiger partial charge < -0.3 is 5.32 Å². The Kier molecular flexibility index (Phi) is 2.77. The van der Waals surface area contributed by atoms with Crippen molar-refractivity contribution in [1.82, 2.24) is 10.2 Å². The van der Waals surface area contributed by atoms with Crippen LogP contribution in [0, 0.1) is 5.92 Å². The van der Waals surface area contributed by atoms with Crippen molar-refractivity contribution in [2.24, 2.45) is 5.92 Å². The van der Waals surface area contributed by atoms with Crippen molar-refractivity contribution in [1.29, 1.82) is 0 Å². The number of carbonyl (C=O) groups excluding carboxylic acids is 1. The predicted molar refractivity (Wildman–Crippen MR) is 56.0 cm³/mol. The first-order valence-electron chi connectivity index (χ1n) is 5.66. The first-order chi connectivity index (χ1) is 6.65. The van der Waals surface area contributed by atoms with Gasteiger partial charge in [0.25, 0.3) is 0 Å². The van der Waals surface area contributed by atoms with Gasteiger partial charge in [-0.15, -0.1) is 0 Å². The molecular weight excluding hydrogens is 176 g/mol. The van der Waals surface area contributed by atoms with E-state index >= 15 is 0 Å². The van der Waals surface area contributed by atoms with Crippen molar-refractivity contribution in [3.05, 3.63) is 0 Å². The van der Waals surface area contributed by atoms with Crippen molar-refractivity contribution >= 4 is 5.91 Å². The fourth-order valence-corrected chi connectivity index (χ4v) is 2.52. The molecule has 14 heavy (non-hydrogen) atoms. The number of rotatable bonds is 2. The minimum absolute atomic E-state index is 0.111. The van der Waals surface area contributed by atoms with Crippen molar-refractivity contribution in [3.63, 3.8) is 0 Å². The predicted octanol–water partition coefficient (Wildman–Crippen LogP) is 0.995. The molecule has 1 saturated heterocycles. The van der Waals surface area contributed by atoms with Crippen LogP contribution in [-0.2, 0) is 4.79 Å². The smallest absolute Gasteiger partial charge is 0.217 e. The zero-order valence-corrected chi connectivity index (χ0v) is 9.12. The van der Waals surface area contributed by atoms with Crippen molar-refractivity contribution in [3.8, 4) is 0 Å². The van der Waals surface area contributed by atoms with E-state index in [4.69, 9.17) is 0 Å². The zero-order valence-electron chi connectivity index (χ0n) is 9.12. The van der Waals surface area contributed by atoms with Gasteiger partial charge in [-0.25, -0.2) is 0 Å². The standard InChI is InChI=1S/C11H20N2O/c1-8-5-10(12-9(2)14)7-13(6-8)11-3-4-11/h8,10-11H,3-7H2,1-2H3,(H,12,14). The lowest BCUT2D eigenvalue weighted by molar-refractivity contribution is -0.120. The molecule has 2 unspecified atom stereocenters. The first-order valence-corrected chi connectivity index (χ1v) is 5.66. The Bertz CT molecular complexity index is 225. The van der Waals surface area contributed by atoms with Crippen LogP contribution in [-0.4, -0.2) is 36.0 Å². The van der Waals surface area contributed by atoms with Crippen molar-refractivity contribution in [2.45, 2.75) is 45.2 Å². The third-order valence-corrected chi connectivity index (χ3v) is 3.16. The van der Waals surface area contributed by atoms with E-state index in [1.807, 2.05) is 0 Å². The maximum Gasteiger partial charge on any atom is 0.217 e. The van der Waals surface area contributed by atoms with Gasteiger partial charge in [-0.2, -0.15) is 0 Å². The molecule has 2 rings (SSSR count). The van der Waals surface area contributed by atoms with E-state index in [0.29, 0.717) is 6.04 Å². The highest BCUT2D eigenvalue weighted by atomic mass is 16.1. The van der Waals surface area contributed by atoms with Gasteiger partial charge in [0.15, 0.2) is 0 Å². The molecule has 2 aliphatic rings. The molecule has 1 aliphatic carbocycles. The van der Waals surface area contributed by atoms with E-state index in [2.05, 4.69) is 17.1 Å². The second kappa shape index (κ2) is 3.89. The lowest BCUT2D eigenvalue weighted by Gasteiger charge is -2.36. The van der Waals surface area contributed by atoms with Crippen LogP contribution < -0.4 is 5.32 Å². The summed E-state index contributed by atoms with van der Waals surface area (Å²) < 4.78 is 0. The lowest BCUT2D eigenvalue weighted by Crippen LogP contribution is -2.50. The number of piperidine rings is 1. The molecule has 0 aromatic rings. The Balaban J connectivity index is 1.88. The Morgan fingerprint density at radius 1 is 1.36 bits per heavy atom. The van der Waals surface area contributed by atoms with E-state index in [9.17, 15) is 4.79 Å². The van der Waals surface area contributed by atoms with E-state index in [0.717, 1.165) is 24.9 Å². The monoisotopic (exact) mass is 196 g/mol. The van der Waals surface area contributed by atoms with Crippen LogP contribution in [0.5, 0.6) is 0 Å². The molecule has 1 saturated carbocycles. The molecule has 80 valence electrons. The van der Waals surface area contributed by atoms with Crippen LogP contribution in [0.3, 0.4) is 0 Å². The van der Waals surface area contributed by atoms with Crippen LogP contribution in [0.25, 0.3) is 0 Å². The van der Waals surface area contributed by atoms with Crippen LogP contribution in [0.2, 0.25) is 0 Å². The molecule has 1 heterocycles. The summed E-state index contributed by atoms with van der Waals surface area (Å²) in [4.78, 5) is 13.5. The SMILES string of the molecule is CC(=O)NC1CC(C)CN(C2CC2)C1. The second-order valence-corrected chi connectivity index (χ2v) is 4.92. The number of nitrogens with one attached hydrogen (secondary N) is 1. The molecule has 1 amide bonds. The normalized spacial score (nSPS) is 34.1. The Labute approximate surface area is 85.8 Å². The molecule has 0 aromatic heterocycles. The van der Waals surface area contributed by atoms with Gasteiger partial charge in [0, 0.05) is 32.1 Å². The van der Waals surface area contributed by atoms with Gasteiger partial charge in [-0.3, -0.25) is 9.69 Å². The molecule has 3 nitrogen and oxygen atoms in total. The third kappa shape index (κ3) is 2.47. The topological polar surface area (TPSA) is 32.3 Å². The van der Waals surface area contributed by atoms with Gasteiger partial charge in [0.2, 0.25) is 5.91 Å². The summed E-state index contributed by atoms with van der Waals surface area (Å²) in [5, 5.41) is 3.04. The summed E-state index contributed by atoms with van der Waals surface area (Å²) in [6.45, 7) is 6.18. The largest absolute Gasteiger partial charge is 0.352 e. The average Bonchev–Trinajstić information content (AvgIpc) is 2.82. The van der Waals surface area contributed by atoms with E-state index in [1.54, 1.807) is 6.92 Å². The number of carbonyl (C=O) groups is 1. The van der Waals surface area contributed by atoms with Gasteiger partial charge in [-0.05, 0) is 25.2 Å². The molecule has 0 spiro atoms. The highest BCUT2D eigenvalue weighted by Crippen LogP contribution is 2.30. The van der Waals surface area contributed by atoms with Crippen molar-refractivity contribution < 1.29 is 4.79 Å². The highest BCUT2D eigenvalue weighted by molar-refractivity contribution is 5.73. The Morgan fingerprint density at radius 3 is 2.64 bits per heavy atom. The molecule has 0 aromatic carbocycles. The fraction of sp³-hybridized carbons (Fsp3) is 0.909. The van der Waals surface area contributed by atoms with Crippen LogP contribution in [0.4, 0.5) is 0 Å². The molecule has 0 radical (unpaired) electrons. The zero-order chi connectivity index (χ0) is 10.1. The number of amides is 1.